The molecule has 1 N–H and O–H groups in total. The second kappa shape index (κ2) is 9.48. The van der Waals surface area contributed by atoms with Crippen LogP contribution in [0.5, 0.6) is 5.75 Å². The van der Waals surface area contributed by atoms with E-state index in [1.807, 2.05) is 11.8 Å². The number of anilines is 1. The van der Waals surface area contributed by atoms with E-state index in [0.717, 1.165) is 5.39 Å². The molecule has 1 saturated heterocycles. The number of hydrazone groups is 1. The molecule has 1 amide bonds. The number of furan rings is 1. The van der Waals surface area contributed by atoms with Crippen LogP contribution in [-0.2, 0) is 4.74 Å². The number of nitrogens with zero attached hydrogens (tertiary/aromatic N) is 3. The third-order valence-corrected chi connectivity index (χ3v) is 4.95. The molecule has 0 unspecified atom stereocenters. The lowest BCUT2D eigenvalue weighted by Crippen LogP contribution is -2.36. The zero-order valence-electron chi connectivity index (χ0n) is 17.4. The van der Waals surface area contributed by atoms with Gasteiger partial charge in [-0.15, -0.1) is 0 Å². The van der Waals surface area contributed by atoms with Gasteiger partial charge in [0.25, 0.3) is 5.69 Å². The number of amides is 1. The second-order valence-electron chi connectivity index (χ2n) is 7.05. The zero-order valence-corrected chi connectivity index (χ0v) is 17.4. The summed E-state index contributed by atoms with van der Waals surface area (Å²) < 4.78 is 16.3. The Balaban J connectivity index is 1.46. The van der Waals surface area contributed by atoms with Gasteiger partial charge in [-0.1, -0.05) is 6.07 Å². The molecule has 1 aromatic heterocycles. The Kier molecular flexibility index (Phi) is 6.31. The number of morpholine rings is 1. The van der Waals surface area contributed by atoms with Crippen LogP contribution in [0.3, 0.4) is 0 Å². The second-order valence-corrected chi connectivity index (χ2v) is 7.05. The van der Waals surface area contributed by atoms with Crippen molar-refractivity contribution >= 4 is 34.5 Å². The van der Waals surface area contributed by atoms with Crippen molar-refractivity contribution in [1.82, 2.24) is 5.43 Å². The lowest BCUT2D eigenvalue weighted by molar-refractivity contribution is -0.384. The molecular formula is C22H22N4O6. The number of nitro groups is 1. The maximum Gasteiger partial charge on any atom is 0.307 e. The van der Waals surface area contributed by atoms with Crippen molar-refractivity contribution in [2.75, 3.05) is 37.8 Å². The van der Waals surface area contributed by atoms with Crippen molar-refractivity contribution in [2.45, 2.75) is 6.92 Å². The van der Waals surface area contributed by atoms with Crippen LogP contribution in [0.2, 0.25) is 0 Å². The summed E-state index contributed by atoms with van der Waals surface area (Å²) in [7, 11) is 0. The first kappa shape index (κ1) is 21.3. The standard InChI is InChI=1S/C22H22N4O6/c1-2-31-17-4-6-20-16(12-17)13-21(32-20)22(27)24-23-14-15-3-5-18(19(11-15)26(28)29)25-7-9-30-10-8-25/h3-6,11-14H,2,7-10H2,1H3,(H,24,27)/b23-14+. The molecule has 166 valence electrons. The van der Waals surface area contributed by atoms with Gasteiger partial charge >= 0.3 is 5.91 Å². The van der Waals surface area contributed by atoms with E-state index in [2.05, 4.69) is 10.5 Å². The van der Waals surface area contributed by atoms with Crippen LogP contribution in [0.25, 0.3) is 11.0 Å². The predicted molar refractivity (Wildman–Crippen MR) is 119 cm³/mol. The first-order valence-electron chi connectivity index (χ1n) is 10.2. The van der Waals surface area contributed by atoms with Gasteiger partial charge in [-0.3, -0.25) is 14.9 Å². The number of carbonyl (C=O) groups excluding carboxylic acids is 1. The maximum atomic E-state index is 12.4. The van der Waals surface area contributed by atoms with Gasteiger partial charge in [-0.2, -0.15) is 5.10 Å². The minimum atomic E-state index is -0.533. The Labute approximate surface area is 183 Å². The first-order valence-corrected chi connectivity index (χ1v) is 10.2. The van der Waals surface area contributed by atoms with Gasteiger partial charge in [-0.25, -0.2) is 5.43 Å². The molecule has 32 heavy (non-hydrogen) atoms. The number of hydrogen-bond acceptors (Lipinski definition) is 8. The lowest BCUT2D eigenvalue weighted by atomic mass is 10.1. The summed E-state index contributed by atoms with van der Waals surface area (Å²) in [5.74, 6) is 0.252. The van der Waals surface area contributed by atoms with Gasteiger partial charge in [0.2, 0.25) is 0 Å². The van der Waals surface area contributed by atoms with Crippen LogP contribution >= 0.6 is 0 Å². The normalized spacial score (nSPS) is 14.1. The van der Waals surface area contributed by atoms with Crippen molar-refractivity contribution in [3.8, 4) is 5.75 Å². The van der Waals surface area contributed by atoms with Gasteiger partial charge in [-0.05, 0) is 37.3 Å². The fraction of sp³-hybridized carbons (Fsp3) is 0.273. The van der Waals surface area contributed by atoms with Gasteiger partial charge in [0.1, 0.15) is 17.0 Å². The number of carbonyl (C=O) groups is 1. The topological polar surface area (TPSA) is 119 Å². The Bertz CT molecular complexity index is 1170. The highest BCUT2D eigenvalue weighted by Crippen LogP contribution is 2.29. The highest BCUT2D eigenvalue weighted by Gasteiger charge is 2.21. The molecule has 2 aromatic carbocycles. The molecule has 3 aromatic rings. The monoisotopic (exact) mass is 438 g/mol. The third kappa shape index (κ3) is 4.70. The molecular weight excluding hydrogens is 416 g/mol. The summed E-state index contributed by atoms with van der Waals surface area (Å²) in [5.41, 5.74) is 3.93. The summed E-state index contributed by atoms with van der Waals surface area (Å²) in [4.78, 5) is 25.4. The molecule has 0 atom stereocenters. The summed E-state index contributed by atoms with van der Waals surface area (Å²) in [5, 5.41) is 16.2. The fourth-order valence-electron chi connectivity index (χ4n) is 3.45. The highest BCUT2D eigenvalue weighted by molar-refractivity contribution is 5.97. The average Bonchev–Trinajstić information content (AvgIpc) is 3.23. The molecule has 0 aliphatic carbocycles. The van der Waals surface area contributed by atoms with Crippen LogP contribution in [0.15, 0.2) is 52.0 Å². The molecule has 1 fully saturated rings. The summed E-state index contributed by atoms with van der Waals surface area (Å²) in [6.45, 7) is 4.67. The number of rotatable bonds is 7. The van der Waals surface area contributed by atoms with Crippen molar-refractivity contribution in [3.63, 3.8) is 0 Å². The lowest BCUT2D eigenvalue weighted by Gasteiger charge is -2.28. The van der Waals surface area contributed by atoms with E-state index in [0.29, 0.717) is 55.5 Å². The molecule has 10 nitrogen and oxygen atoms in total. The quantitative estimate of drug-likeness (QED) is 0.341. The molecule has 0 radical (unpaired) electrons. The average molecular weight is 438 g/mol. The molecule has 1 aliphatic heterocycles. The van der Waals surface area contributed by atoms with Crippen LogP contribution in [0.1, 0.15) is 23.0 Å². The van der Waals surface area contributed by atoms with Crippen LogP contribution in [0, 0.1) is 10.1 Å². The van der Waals surface area contributed by atoms with Crippen LogP contribution < -0.4 is 15.1 Å². The third-order valence-electron chi connectivity index (χ3n) is 4.95. The number of fused-ring (bicyclic) bond motifs is 1. The Hall–Kier alpha value is -3.92. The minimum Gasteiger partial charge on any atom is -0.494 e. The van der Waals surface area contributed by atoms with E-state index in [9.17, 15) is 14.9 Å². The molecule has 0 spiro atoms. The van der Waals surface area contributed by atoms with E-state index < -0.39 is 10.8 Å². The summed E-state index contributed by atoms with van der Waals surface area (Å²) in [6, 6.07) is 11.7. The molecule has 10 heteroatoms. The van der Waals surface area contributed by atoms with Gasteiger partial charge in [0, 0.05) is 30.1 Å². The van der Waals surface area contributed by atoms with Gasteiger partial charge in [0.05, 0.1) is 31.0 Å². The zero-order chi connectivity index (χ0) is 22.5. The first-order chi connectivity index (χ1) is 15.5. The van der Waals surface area contributed by atoms with E-state index in [1.165, 1.54) is 12.3 Å². The number of hydrogen-bond donors (Lipinski definition) is 1. The fourth-order valence-corrected chi connectivity index (χ4v) is 3.45. The van der Waals surface area contributed by atoms with E-state index in [4.69, 9.17) is 13.9 Å². The molecule has 4 rings (SSSR count). The predicted octanol–water partition coefficient (Wildman–Crippen LogP) is 3.34. The summed E-state index contributed by atoms with van der Waals surface area (Å²) in [6.07, 6.45) is 1.35. The van der Waals surface area contributed by atoms with Gasteiger partial charge in [0.15, 0.2) is 5.76 Å². The summed E-state index contributed by atoms with van der Waals surface area (Å²) >= 11 is 0. The smallest absolute Gasteiger partial charge is 0.307 e. The number of nitro benzene ring substituents is 1. The van der Waals surface area contributed by atoms with Crippen molar-refractivity contribution in [3.05, 3.63) is 63.9 Å². The molecule has 0 saturated carbocycles. The maximum absolute atomic E-state index is 12.4. The van der Waals surface area contributed by atoms with Crippen LogP contribution in [-0.4, -0.2) is 50.0 Å². The van der Waals surface area contributed by atoms with E-state index in [1.54, 1.807) is 36.4 Å². The number of ether oxygens (including phenoxy) is 2. The molecule has 1 aliphatic rings. The van der Waals surface area contributed by atoms with Gasteiger partial charge < -0.3 is 18.8 Å². The molecule has 0 bridgehead atoms. The largest absolute Gasteiger partial charge is 0.494 e. The van der Waals surface area contributed by atoms with Crippen molar-refractivity contribution < 1.29 is 23.6 Å². The molecule has 2 heterocycles. The van der Waals surface area contributed by atoms with Crippen LogP contribution in [0.4, 0.5) is 11.4 Å². The van der Waals surface area contributed by atoms with Crippen molar-refractivity contribution in [1.29, 1.82) is 0 Å². The number of nitrogens with one attached hydrogen (secondary N) is 1. The Morgan fingerprint density at radius 1 is 1.25 bits per heavy atom. The van der Waals surface area contributed by atoms with E-state index in [-0.39, 0.29) is 11.4 Å². The highest BCUT2D eigenvalue weighted by atomic mass is 16.6. The van der Waals surface area contributed by atoms with Crippen molar-refractivity contribution in [2.24, 2.45) is 5.10 Å². The Morgan fingerprint density at radius 3 is 2.81 bits per heavy atom. The number of benzene rings is 2. The minimum absolute atomic E-state index is 0.0236. The van der Waals surface area contributed by atoms with E-state index >= 15 is 0 Å². The Morgan fingerprint density at radius 2 is 2.06 bits per heavy atom. The SMILES string of the molecule is CCOc1ccc2oc(C(=O)N/N=C/c3ccc(N4CCOCC4)c([N+](=O)[O-])c3)cc2c1.